The first-order chi connectivity index (χ1) is 15.6. The van der Waals surface area contributed by atoms with E-state index in [0.29, 0.717) is 19.0 Å². The van der Waals surface area contributed by atoms with Crippen molar-refractivity contribution in [3.05, 3.63) is 64.6 Å². The third kappa shape index (κ3) is 5.45. The van der Waals surface area contributed by atoms with Crippen molar-refractivity contribution in [3.63, 3.8) is 0 Å². The predicted molar refractivity (Wildman–Crippen MR) is 121 cm³/mol. The zero-order chi connectivity index (χ0) is 23.6. The van der Waals surface area contributed by atoms with Crippen LogP contribution < -0.4 is 9.62 Å². The predicted octanol–water partition coefficient (Wildman–Crippen LogP) is 4.07. The first kappa shape index (κ1) is 23.5. The number of anilines is 2. The minimum Gasteiger partial charge on any atom is -0.369 e. The topological polar surface area (TPSA) is 78.4 Å². The van der Waals surface area contributed by atoms with Gasteiger partial charge in [-0.05, 0) is 18.1 Å². The first-order valence-electron chi connectivity index (χ1n) is 10.1. The summed E-state index contributed by atoms with van der Waals surface area (Å²) in [6.45, 7) is 2.06. The number of likely N-dealkylation sites (N-methyl/N-ethyl adjacent to an activating group) is 1. The van der Waals surface area contributed by atoms with Crippen LogP contribution in [0.5, 0.6) is 0 Å². The molecule has 1 N–H and O–H groups in total. The lowest BCUT2D eigenvalue weighted by atomic mass is 10.1. The van der Waals surface area contributed by atoms with Gasteiger partial charge in [0.05, 0.1) is 23.0 Å². The van der Waals surface area contributed by atoms with Gasteiger partial charge in [0.1, 0.15) is 0 Å². The summed E-state index contributed by atoms with van der Waals surface area (Å²) in [6, 6.07) is 10.3. The van der Waals surface area contributed by atoms with Gasteiger partial charge in [-0.3, -0.25) is 9.62 Å². The van der Waals surface area contributed by atoms with Crippen molar-refractivity contribution in [2.24, 2.45) is 0 Å². The van der Waals surface area contributed by atoms with E-state index in [4.69, 9.17) is 0 Å². The summed E-state index contributed by atoms with van der Waals surface area (Å²) >= 11 is 1.15. The molecule has 0 spiro atoms. The molecule has 0 unspecified atom stereocenters. The molecular weight excluding hydrogens is 475 g/mol. The molecule has 1 fully saturated rings. The van der Waals surface area contributed by atoms with Gasteiger partial charge in [0.15, 0.2) is 10.8 Å². The third-order valence-corrected chi connectivity index (χ3v) is 7.37. The summed E-state index contributed by atoms with van der Waals surface area (Å²) in [7, 11) is -2.73. The number of pyridine rings is 1. The summed E-state index contributed by atoms with van der Waals surface area (Å²) in [5.41, 5.74) is 1.36. The van der Waals surface area contributed by atoms with Crippen LogP contribution in [0, 0.1) is 0 Å². The fourth-order valence-electron chi connectivity index (χ4n) is 3.85. The van der Waals surface area contributed by atoms with Crippen molar-refractivity contribution in [3.8, 4) is 0 Å². The summed E-state index contributed by atoms with van der Waals surface area (Å²) in [4.78, 5) is 11.4. The van der Waals surface area contributed by atoms with E-state index in [1.807, 2.05) is 30.3 Å². The minimum atomic E-state index is -4.75. The lowest BCUT2D eigenvalue weighted by Crippen LogP contribution is -2.36. The van der Waals surface area contributed by atoms with Crippen LogP contribution in [0.25, 0.3) is 0 Å². The molecular formula is C21H22F3N5O2S2. The molecule has 0 saturated carbocycles. The molecule has 0 radical (unpaired) electrons. The molecule has 1 atom stereocenters. The molecule has 12 heteroatoms. The van der Waals surface area contributed by atoms with Crippen LogP contribution in [0.4, 0.5) is 24.7 Å². The van der Waals surface area contributed by atoms with Crippen LogP contribution in [0.2, 0.25) is 0 Å². The number of hydrogen-bond donors (Lipinski definition) is 1. The van der Waals surface area contributed by atoms with Crippen LogP contribution >= 0.6 is 11.3 Å². The maximum Gasteiger partial charge on any atom is 0.418 e. The van der Waals surface area contributed by atoms with E-state index in [2.05, 4.69) is 19.6 Å². The number of halogens is 3. The summed E-state index contributed by atoms with van der Waals surface area (Å²) in [5, 5.41) is 0.725. The van der Waals surface area contributed by atoms with Gasteiger partial charge in [0.2, 0.25) is 0 Å². The van der Waals surface area contributed by atoms with Crippen molar-refractivity contribution >= 4 is 32.9 Å². The highest BCUT2D eigenvalue weighted by Crippen LogP contribution is 2.38. The van der Waals surface area contributed by atoms with E-state index >= 15 is 0 Å². The average molecular weight is 498 g/mol. The quantitative estimate of drug-likeness (QED) is 0.530. The Balaban J connectivity index is 1.55. The highest BCUT2D eigenvalue weighted by Gasteiger charge is 2.38. The van der Waals surface area contributed by atoms with E-state index in [9.17, 15) is 21.6 Å². The second kappa shape index (κ2) is 9.27. The van der Waals surface area contributed by atoms with Crippen LogP contribution in [0.3, 0.4) is 0 Å². The van der Waals surface area contributed by atoms with Gasteiger partial charge >= 0.3 is 6.18 Å². The first-order valence-corrected chi connectivity index (χ1v) is 12.5. The number of rotatable bonds is 7. The molecule has 1 aromatic carbocycles. The normalized spacial score (nSPS) is 17.3. The Bertz CT molecular complexity index is 1190. The number of aromatic nitrogens is 2. The Hall–Kier alpha value is -2.70. The molecule has 33 heavy (non-hydrogen) atoms. The Morgan fingerprint density at radius 2 is 2.00 bits per heavy atom. The molecule has 7 nitrogen and oxygen atoms in total. The standard InChI is InChI=1S/C21H22F3N5O2S2/c1-28(16-7-8-29(12-16)11-15-5-3-2-4-6-15)18-10-25-20(9-17(18)21(22,23)24)33(30,31)27-19-13-32-14-26-19/h2-6,9-10,13-14,16,27H,7-8,11-12H2,1H3/t16-/m0/s1. The van der Waals surface area contributed by atoms with E-state index in [1.54, 1.807) is 11.9 Å². The number of nitrogens with one attached hydrogen (secondary N) is 1. The van der Waals surface area contributed by atoms with Crippen LogP contribution in [0.15, 0.2) is 58.5 Å². The number of alkyl halides is 3. The van der Waals surface area contributed by atoms with E-state index in [0.717, 1.165) is 36.2 Å². The molecule has 0 bridgehead atoms. The van der Waals surface area contributed by atoms with Gasteiger partial charge in [-0.25, -0.2) is 9.97 Å². The van der Waals surface area contributed by atoms with Crippen molar-refractivity contribution in [2.75, 3.05) is 29.8 Å². The lowest BCUT2D eigenvalue weighted by molar-refractivity contribution is -0.137. The Labute approximate surface area is 194 Å². The number of nitrogens with zero attached hydrogens (tertiary/aromatic N) is 4. The van der Waals surface area contributed by atoms with Gasteiger partial charge in [0, 0.05) is 38.1 Å². The monoisotopic (exact) mass is 497 g/mol. The van der Waals surface area contributed by atoms with Gasteiger partial charge in [-0.15, -0.1) is 11.3 Å². The second-order valence-electron chi connectivity index (χ2n) is 7.79. The van der Waals surface area contributed by atoms with Gasteiger partial charge in [0.25, 0.3) is 10.0 Å². The van der Waals surface area contributed by atoms with Crippen LogP contribution in [-0.2, 0) is 22.7 Å². The van der Waals surface area contributed by atoms with Crippen molar-refractivity contribution in [2.45, 2.75) is 30.2 Å². The molecule has 3 aromatic rings. The number of hydrogen-bond acceptors (Lipinski definition) is 7. The largest absolute Gasteiger partial charge is 0.418 e. The third-order valence-electron chi connectivity index (χ3n) is 5.53. The van der Waals surface area contributed by atoms with E-state index < -0.39 is 26.8 Å². The van der Waals surface area contributed by atoms with Crippen LogP contribution in [0.1, 0.15) is 17.5 Å². The smallest absolute Gasteiger partial charge is 0.369 e. The van der Waals surface area contributed by atoms with Gasteiger partial charge in [-0.1, -0.05) is 30.3 Å². The molecule has 0 aliphatic carbocycles. The van der Waals surface area contributed by atoms with Crippen LogP contribution in [-0.4, -0.2) is 49.5 Å². The molecule has 3 heterocycles. The van der Waals surface area contributed by atoms with Crippen molar-refractivity contribution in [1.29, 1.82) is 0 Å². The minimum absolute atomic E-state index is 0.0287. The Kier molecular flexibility index (Phi) is 6.59. The maximum absolute atomic E-state index is 13.9. The van der Waals surface area contributed by atoms with E-state index in [1.165, 1.54) is 10.9 Å². The van der Waals surface area contributed by atoms with Crippen molar-refractivity contribution in [1.82, 2.24) is 14.9 Å². The molecule has 4 rings (SSSR count). The number of sulfonamides is 1. The lowest BCUT2D eigenvalue weighted by Gasteiger charge is -2.29. The summed E-state index contributed by atoms with van der Waals surface area (Å²) in [5.74, 6) is 0.0287. The number of benzene rings is 1. The summed E-state index contributed by atoms with van der Waals surface area (Å²) < 4.78 is 69.0. The highest BCUT2D eigenvalue weighted by molar-refractivity contribution is 7.92. The number of likely N-dealkylation sites (tertiary alicyclic amines) is 1. The Morgan fingerprint density at radius 1 is 1.24 bits per heavy atom. The highest BCUT2D eigenvalue weighted by atomic mass is 32.2. The number of thiazole rings is 1. The van der Waals surface area contributed by atoms with Gasteiger partial charge < -0.3 is 4.90 Å². The van der Waals surface area contributed by atoms with E-state index in [-0.39, 0.29) is 17.5 Å². The van der Waals surface area contributed by atoms with Crippen molar-refractivity contribution < 1.29 is 21.6 Å². The van der Waals surface area contributed by atoms with Gasteiger partial charge in [-0.2, -0.15) is 21.6 Å². The average Bonchev–Trinajstić information content (AvgIpc) is 3.45. The molecule has 1 aliphatic heterocycles. The second-order valence-corrected chi connectivity index (χ2v) is 10.1. The molecule has 1 aliphatic rings. The fraction of sp³-hybridized carbons (Fsp3) is 0.333. The summed E-state index contributed by atoms with van der Waals surface area (Å²) in [6.07, 6.45) is -3.08. The fourth-order valence-corrected chi connectivity index (χ4v) is 5.36. The SMILES string of the molecule is CN(c1cnc(S(=O)(=O)Nc2cscn2)cc1C(F)(F)F)[C@H]1CCN(Cc2ccccc2)C1. The molecule has 0 amide bonds. The molecule has 2 aromatic heterocycles. The molecule has 176 valence electrons. The maximum atomic E-state index is 13.9. The zero-order valence-corrected chi connectivity index (χ0v) is 19.3. The molecule has 1 saturated heterocycles. The zero-order valence-electron chi connectivity index (χ0n) is 17.7. The Morgan fingerprint density at radius 3 is 2.67 bits per heavy atom.